The quantitative estimate of drug-likeness (QED) is 0.684. The van der Waals surface area contributed by atoms with Crippen LogP contribution >= 0.6 is 0 Å². The van der Waals surface area contributed by atoms with Crippen LogP contribution in [0.3, 0.4) is 0 Å². The Kier molecular flexibility index (Phi) is 4.88. The van der Waals surface area contributed by atoms with Gasteiger partial charge in [-0.25, -0.2) is 9.69 Å². The first-order chi connectivity index (χ1) is 13.2. The minimum Gasteiger partial charge on any atom is -0.449 e. The van der Waals surface area contributed by atoms with Crippen molar-refractivity contribution in [1.82, 2.24) is 4.90 Å². The van der Waals surface area contributed by atoms with Crippen molar-refractivity contribution in [2.75, 3.05) is 13.2 Å². The Morgan fingerprint density at radius 3 is 2.71 bits per heavy atom. The van der Waals surface area contributed by atoms with E-state index in [1.807, 2.05) is 0 Å². The summed E-state index contributed by atoms with van der Waals surface area (Å²) in [7, 11) is 0. The number of imide groups is 1. The summed E-state index contributed by atoms with van der Waals surface area (Å²) in [5, 5.41) is 10.3. The summed E-state index contributed by atoms with van der Waals surface area (Å²) < 4.78 is 5.27. The zero-order valence-electron chi connectivity index (χ0n) is 17.6. The first-order valence-corrected chi connectivity index (χ1v) is 11.1. The molecule has 4 rings (SSSR count). The first kappa shape index (κ1) is 19.9. The van der Waals surface area contributed by atoms with Crippen LogP contribution in [-0.4, -0.2) is 41.3 Å². The molecule has 3 aliphatic carbocycles. The highest BCUT2D eigenvalue weighted by Crippen LogP contribution is 2.64. The summed E-state index contributed by atoms with van der Waals surface area (Å²) in [5.41, 5.74) is 1.30. The molecule has 4 aliphatic rings. The Hall–Kier alpha value is -1.36. The number of rotatable bonds is 1. The standard InChI is InChI=1S/C23H35NO4/c1-5-28-21(27)24-13-16-17-7-6-14(2)22(17,3)11-9-18(16)23(4)10-8-15(25)12-19(23)20(24)26/h15-19,25H,2,5-13H2,1,3-4H3/t15-,16-,17-,18?,19+,22+,23+/m0/s1. The fraction of sp³-hybridized carbons (Fsp3) is 0.826. The van der Waals surface area contributed by atoms with Crippen LogP contribution < -0.4 is 0 Å². The normalized spacial score (nSPS) is 45.7. The highest BCUT2D eigenvalue weighted by Gasteiger charge is 2.61. The Bertz CT molecular complexity index is 690. The summed E-state index contributed by atoms with van der Waals surface area (Å²) in [6, 6.07) is 0. The van der Waals surface area contributed by atoms with Gasteiger partial charge in [-0.15, -0.1) is 0 Å². The van der Waals surface area contributed by atoms with E-state index in [2.05, 4.69) is 20.4 Å². The molecule has 1 N–H and O–H groups in total. The van der Waals surface area contributed by atoms with Crippen LogP contribution in [0, 0.1) is 34.5 Å². The summed E-state index contributed by atoms with van der Waals surface area (Å²) in [5.74, 6) is 0.720. The number of carbonyl (C=O) groups excluding carboxylic acids is 2. The van der Waals surface area contributed by atoms with Gasteiger partial charge in [0.2, 0.25) is 5.91 Å². The van der Waals surface area contributed by atoms with Gasteiger partial charge in [0, 0.05) is 12.5 Å². The van der Waals surface area contributed by atoms with E-state index in [9.17, 15) is 14.7 Å². The zero-order chi connectivity index (χ0) is 20.3. The molecule has 0 aromatic rings. The number of allylic oxidation sites excluding steroid dienone is 1. The van der Waals surface area contributed by atoms with Crippen molar-refractivity contribution in [2.45, 2.75) is 71.8 Å². The van der Waals surface area contributed by atoms with Crippen LogP contribution in [0.15, 0.2) is 12.2 Å². The Morgan fingerprint density at radius 1 is 1.25 bits per heavy atom. The molecule has 7 atom stereocenters. The maximum absolute atomic E-state index is 13.5. The molecule has 28 heavy (non-hydrogen) atoms. The van der Waals surface area contributed by atoms with Crippen molar-refractivity contribution in [3.63, 3.8) is 0 Å². The van der Waals surface area contributed by atoms with Gasteiger partial charge in [0.15, 0.2) is 0 Å². The minimum absolute atomic E-state index is 0.120. The van der Waals surface area contributed by atoms with E-state index in [4.69, 9.17) is 4.74 Å². The van der Waals surface area contributed by atoms with E-state index in [1.54, 1.807) is 6.92 Å². The maximum Gasteiger partial charge on any atom is 0.416 e. The molecule has 0 spiro atoms. The number of hydrogen-bond acceptors (Lipinski definition) is 4. The van der Waals surface area contributed by atoms with Crippen LogP contribution in [0.1, 0.15) is 65.7 Å². The fourth-order valence-corrected chi connectivity index (χ4v) is 7.26. The average molecular weight is 390 g/mol. The van der Waals surface area contributed by atoms with Gasteiger partial charge in [0.25, 0.3) is 0 Å². The van der Waals surface area contributed by atoms with Crippen LogP contribution in [0.5, 0.6) is 0 Å². The lowest BCUT2D eigenvalue weighted by Crippen LogP contribution is -2.50. The molecule has 0 aromatic heterocycles. The third-order valence-corrected chi connectivity index (χ3v) is 9.00. The molecule has 2 amide bonds. The monoisotopic (exact) mass is 389 g/mol. The van der Waals surface area contributed by atoms with E-state index in [-0.39, 0.29) is 35.2 Å². The van der Waals surface area contributed by atoms with Crippen molar-refractivity contribution >= 4 is 12.0 Å². The van der Waals surface area contributed by atoms with Crippen molar-refractivity contribution in [1.29, 1.82) is 0 Å². The van der Waals surface area contributed by atoms with Gasteiger partial charge in [0.1, 0.15) is 0 Å². The molecule has 1 aliphatic heterocycles. The SMILES string of the molecule is C=C1CC[C@H]2[C@@H]3CN(C(=O)OCC)C(=O)[C@H]4C[C@@H](O)CC[C@]4(C)C3CC[C@]12C. The van der Waals surface area contributed by atoms with Crippen LogP contribution in [-0.2, 0) is 9.53 Å². The van der Waals surface area contributed by atoms with Gasteiger partial charge in [-0.05, 0) is 80.5 Å². The third kappa shape index (κ3) is 2.76. The number of likely N-dealkylation sites (tertiary alicyclic amines) is 1. The lowest BCUT2D eigenvalue weighted by Gasteiger charge is -2.54. The molecule has 1 heterocycles. The lowest BCUT2D eigenvalue weighted by molar-refractivity contribution is -0.142. The second kappa shape index (κ2) is 6.86. The molecule has 0 bridgehead atoms. The summed E-state index contributed by atoms with van der Waals surface area (Å²) in [6.45, 7) is 11.5. The lowest BCUT2D eigenvalue weighted by atomic mass is 9.50. The predicted molar refractivity (Wildman–Crippen MR) is 106 cm³/mol. The molecule has 5 nitrogen and oxygen atoms in total. The fourth-order valence-electron chi connectivity index (χ4n) is 7.26. The molecule has 0 radical (unpaired) electrons. The minimum atomic E-state index is -0.514. The van der Waals surface area contributed by atoms with Gasteiger partial charge in [-0.2, -0.15) is 0 Å². The Balaban J connectivity index is 1.77. The van der Waals surface area contributed by atoms with E-state index >= 15 is 0 Å². The molecule has 5 heteroatoms. The highest BCUT2D eigenvalue weighted by atomic mass is 16.6. The second-order valence-electron chi connectivity index (χ2n) is 10.1. The Labute approximate surface area is 168 Å². The molecule has 0 aromatic carbocycles. The van der Waals surface area contributed by atoms with E-state index in [1.165, 1.54) is 10.5 Å². The zero-order valence-corrected chi connectivity index (χ0v) is 17.6. The molecule has 4 fully saturated rings. The number of hydrogen-bond donors (Lipinski definition) is 1. The number of ether oxygens (including phenoxy) is 1. The predicted octanol–water partition coefficient (Wildman–Crippen LogP) is 4.15. The summed E-state index contributed by atoms with van der Waals surface area (Å²) in [4.78, 5) is 27.6. The number of aliphatic hydroxyl groups is 1. The average Bonchev–Trinajstić information content (AvgIpc) is 2.91. The molecule has 1 unspecified atom stereocenters. The maximum atomic E-state index is 13.5. The second-order valence-corrected chi connectivity index (χ2v) is 10.1. The number of fused-ring (bicyclic) bond motifs is 5. The van der Waals surface area contributed by atoms with E-state index < -0.39 is 12.2 Å². The number of nitrogens with zero attached hydrogens (tertiary/aromatic N) is 1. The van der Waals surface area contributed by atoms with Crippen molar-refractivity contribution < 1.29 is 19.4 Å². The first-order valence-electron chi connectivity index (χ1n) is 11.1. The summed E-state index contributed by atoms with van der Waals surface area (Å²) in [6.07, 6.45) is 5.44. The molecular formula is C23H35NO4. The highest BCUT2D eigenvalue weighted by molar-refractivity contribution is 5.94. The summed E-state index contributed by atoms with van der Waals surface area (Å²) >= 11 is 0. The van der Waals surface area contributed by atoms with Gasteiger partial charge in [-0.3, -0.25) is 4.79 Å². The van der Waals surface area contributed by atoms with Crippen molar-refractivity contribution in [2.24, 2.45) is 34.5 Å². The van der Waals surface area contributed by atoms with Crippen molar-refractivity contribution in [3.8, 4) is 0 Å². The van der Waals surface area contributed by atoms with Gasteiger partial charge < -0.3 is 9.84 Å². The van der Waals surface area contributed by atoms with Gasteiger partial charge >= 0.3 is 6.09 Å². The molecule has 3 saturated carbocycles. The van der Waals surface area contributed by atoms with Crippen LogP contribution in [0.2, 0.25) is 0 Å². The Morgan fingerprint density at radius 2 is 2.00 bits per heavy atom. The van der Waals surface area contributed by atoms with E-state index in [0.29, 0.717) is 24.8 Å². The number of aliphatic hydroxyl groups excluding tert-OH is 1. The van der Waals surface area contributed by atoms with Crippen LogP contribution in [0.25, 0.3) is 0 Å². The van der Waals surface area contributed by atoms with Crippen molar-refractivity contribution in [3.05, 3.63) is 12.2 Å². The van der Waals surface area contributed by atoms with E-state index in [0.717, 1.165) is 38.5 Å². The molecule has 156 valence electrons. The van der Waals surface area contributed by atoms with Gasteiger partial charge in [-0.1, -0.05) is 26.0 Å². The molecule has 1 saturated heterocycles. The number of amides is 2. The smallest absolute Gasteiger partial charge is 0.416 e. The number of carbonyl (C=O) groups is 2. The molecular weight excluding hydrogens is 354 g/mol. The van der Waals surface area contributed by atoms with Gasteiger partial charge in [0.05, 0.1) is 12.7 Å². The van der Waals surface area contributed by atoms with Crippen LogP contribution in [0.4, 0.5) is 4.79 Å². The topological polar surface area (TPSA) is 66.8 Å². The third-order valence-electron chi connectivity index (χ3n) is 9.00. The largest absolute Gasteiger partial charge is 0.449 e.